The first-order valence-electron chi connectivity index (χ1n) is 6.47. The number of hydrogen-bond donors (Lipinski definition) is 3. The number of carbonyl (C=O) groups excluding carboxylic acids is 1. The van der Waals surface area contributed by atoms with Gasteiger partial charge in [-0.05, 0) is 12.1 Å². The van der Waals surface area contributed by atoms with Gasteiger partial charge in [-0.25, -0.2) is 0 Å². The van der Waals surface area contributed by atoms with Gasteiger partial charge in [0.1, 0.15) is 12.4 Å². The Labute approximate surface area is 118 Å². The first-order valence-corrected chi connectivity index (χ1v) is 6.47. The molecule has 7 nitrogen and oxygen atoms in total. The molecule has 114 valence electrons. The quantitative estimate of drug-likeness (QED) is 0.475. The van der Waals surface area contributed by atoms with E-state index in [1.807, 2.05) is 0 Å². The number of carbonyl (C=O) groups is 1. The number of hydrogen-bond acceptors (Lipinski definition) is 6. The van der Waals surface area contributed by atoms with Crippen LogP contribution in [-0.4, -0.2) is 57.1 Å². The lowest BCUT2D eigenvalue weighted by Crippen LogP contribution is -2.39. The summed E-state index contributed by atoms with van der Waals surface area (Å²) in [5, 5.41) is 15.2. The third-order valence-electron chi connectivity index (χ3n) is 2.43. The number of methoxy groups -OCH3 is 1. The number of nitrogens with one attached hydrogen (secondary N) is 2. The lowest BCUT2D eigenvalue weighted by atomic mass is 10.3. The molecule has 1 unspecified atom stereocenters. The second kappa shape index (κ2) is 10.4. The molecule has 0 spiro atoms. The zero-order chi connectivity index (χ0) is 14.6. The van der Waals surface area contributed by atoms with Crippen LogP contribution in [0.25, 0.3) is 0 Å². The smallest absolute Gasteiger partial charge is 0.234 e. The molecule has 1 rings (SSSR count). The van der Waals surface area contributed by atoms with Gasteiger partial charge in [0.2, 0.25) is 5.91 Å². The summed E-state index contributed by atoms with van der Waals surface area (Å²) in [5.74, 6) is 0.577. The maximum absolute atomic E-state index is 11.3. The van der Waals surface area contributed by atoms with E-state index in [0.29, 0.717) is 25.5 Å². The van der Waals surface area contributed by atoms with Crippen LogP contribution in [0.15, 0.2) is 22.8 Å². The van der Waals surface area contributed by atoms with E-state index in [-0.39, 0.29) is 25.6 Å². The third-order valence-corrected chi connectivity index (χ3v) is 2.43. The van der Waals surface area contributed by atoms with Gasteiger partial charge in [0.05, 0.1) is 32.1 Å². The molecule has 1 atom stereocenters. The monoisotopic (exact) mass is 286 g/mol. The normalized spacial score (nSPS) is 12.3. The molecule has 7 heteroatoms. The Hall–Kier alpha value is -1.41. The zero-order valence-corrected chi connectivity index (χ0v) is 11.6. The van der Waals surface area contributed by atoms with Crippen LogP contribution in [0.2, 0.25) is 0 Å². The minimum Gasteiger partial charge on any atom is -0.467 e. The van der Waals surface area contributed by atoms with Crippen molar-refractivity contribution >= 4 is 5.91 Å². The molecule has 1 amide bonds. The van der Waals surface area contributed by atoms with Gasteiger partial charge in [-0.3, -0.25) is 4.79 Å². The molecule has 0 saturated carbocycles. The maximum atomic E-state index is 11.3. The summed E-state index contributed by atoms with van der Waals surface area (Å²) >= 11 is 0. The molecular weight excluding hydrogens is 264 g/mol. The summed E-state index contributed by atoms with van der Waals surface area (Å²) in [6.45, 7) is 1.90. The van der Waals surface area contributed by atoms with Gasteiger partial charge in [-0.1, -0.05) is 0 Å². The molecular formula is C13H22N2O5. The van der Waals surface area contributed by atoms with Crippen LogP contribution < -0.4 is 10.6 Å². The average molecular weight is 286 g/mol. The van der Waals surface area contributed by atoms with Crippen molar-refractivity contribution in [3.63, 3.8) is 0 Å². The number of aliphatic hydroxyl groups excluding tert-OH is 1. The van der Waals surface area contributed by atoms with Crippen LogP contribution in [-0.2, 0) is 20.9 Å². The van der Waals surface area contributed by atoms with Gasteiger partial charge < -0.3 is 29.6 Å². The Balaban J connectivity index is 1.96. The molecule has 1 aromatic heterocycles. The SMILES string of the molecule is COCCNC(=O)CNCC(O)COCc1ccco1. The Morgan fingerprint density at radius 1 is 1.55 bits per heavy atom. The van der Waals surface area contributed by atoms with E-state index < -0.39 is 6.10 Å². The molecule has 0 aliphatic carbocycles. The van der Waals surface area contributed by atoms with Crippen LogP contribution in [0.3, 0.4) is 0 Å². The van der Waals surface area contributed by atoms with E-state index in [4.69, 9.17) is 13.9 Å². The lowest BCUT2D eigenvalue weighted by Gasteiger charge is -2.12. The fourth-order valence-electron chi connectivity index (χ4n) is 1.46. The summed E-state index contributed by atoms with van der Waals surface area (Å²) in [6.07, 6.45) is 0.899. The highest BCUT2D eigenvalue weighted by atomic mass is 16.5. The lowest BCUT2D eigenvalue weighted by molar-refractivity contribution is -0.120. The van der Waals surface area contributed by atoms with Gasteiger partial charge in [0.15, 0.2) is 0 Å². The van der Waals surface area contributed by atoms with Crippen LogP contribution in [0.1, 0.15) is 5.76 Å². The molecule has 0 aliphatic rings. The second-order valence-corrected chi connectivity index (χ2v) is 4.22. The summed E-state index contributed by atoms with van der Waals surface area (Å²) in [7, 11) is 1.57. The van der Waals surface area contributed by atoms with Gasteiger partial charge in [0, 0.05) is 20.2 Å². The van der Waals surface area contributed by atoms with Crippen molar-refractivity contribution in [2.75, 3.05) is 40.0 Å². The standard InChI is InChI=1S/C13H22N2O5/c1-18-6-4-15-13(17)8-14-7-11(16)9-19-10-12-3-2-5-20-12/h2-3,5,11,14,16H,4,6-10H2,1H3,(H,15,17). The summed E-state index contributed by atoms with van der Waals surface area (Å²) in [5.41, 5.74) is 0. The van der Waals surface area contributed by atoms with Crippen molar-refractivity contribution in [3.05, 3.63) is 24.2 Å². The predicted octanol–water partition coefficient (Wildman–Crippen LogP) is -0.491. The first kappa shape index (κ1) is 16.6. The minimum atomic E-state index is -0.670. The third kappa shape index (κ3) is 7.90. The highest BCUT2D eigenvalue weighted by molar-refractivity contribution is 5.77. The fourth-order valence-corrected chi connectivity index (χ4v) is 1.46. The van der Waals surface area contributed by atoms with E-state index in [1.165, 1.54) is 0 Å². The van der Waals surface area contributed by atoms with Gasteiger partial charge in [-0.15, -0.1) is 0 Å². The van der Waals surface area contributed by atoms with Crippen molar-refractivity contribution in [2.24, 2.45) is 0 Å². The molecule has 0 radical (unpaired) electrons. The Morgan fingerprint density at radius 2 is 2.40 bits per heavy atom. The number of furan rings is 1. The number of ether oxygens (including phenoxy) is 2. The van der Waals surface area contributed by atoms with Crippen LogP contribution in [0, 0.1) is 0 Å². The fraction of sp³-hybridized carbons (Fsp3) is 0.615. The molecule has 0 aromatic carbocycles. The van der Waals surface area contributed by atoms with Crippen molar-refractivity contribution in [1.82, 2.24) is 10.6 Å². The topological polar surface area (TPSA) is 93.0 Å². The van der Waals surface area contributed by atoms with Gasteiger partial charge in [-0.2, -0.15) is 0 Å². The van der Waals surface area contributed by atoms with Crippen molar-refractivity contribution in [2.45, 2.75) is 12.7 Å². The maximum Gasteiger partial charge on any atom is 0.234 e. The van der Waals surface area contributed by atoms with Gasteiger partial charge in [0.25, 0.3) is 0 Å². The molecule has 1 aromatic rings. The Bertz CT molecular complexity index is 356. The number of amides is 1. The van der Waals surface area contributed by atoms with E-state index >= 15 is 0 Å². The largest absolute Gasteiger partial charge is 0.467 e. The zero-order valence-electron chi connectivity index (χ0n) is 11.6. The van der Waals surface area contributed by atoms with Crippen molar-refractivity contribution < 1.29 is 23.8 Å². The minimum absolute atomic E-state index is 0.134. The summed E-state index contributed by atoms with van der Waals surface area (Å²) in [6, 6.07) is 3.58. The van der Waals surface area contributed by atoms with Crippen molar-refractivity contribution in [1.29, 1.82) is 0 Å². The number of aliphatic hydroxyl groups is 1. The average Bonchev–Trinajstić information content (AvgIpc) is 2.92. The van der Waals surface area contributed by atoms with Crippen LogP contribution in [0.5, 0.6) is 0 Å². The molecule has 0 aliphatic heterocycles. The molecule has 3 N–H and O–H groups in total. The van der Waals surface area contributed by atoms with Crippen molar-refractivity contribution in [3.8, 4) is 0 Å². The van der Waals surface area contributed by atoms with E-state index in [2.05, 4.69) is 10.6 Å². The number of rotatable bonds is 11. The molecule has 0 fully saturated rings. The molecule has 20 heavy (non-hydrogen) atoms. The van der Waals surface area contributed by atoms with E-state index in [0.717, 1.165) is 0 Å². The second-order valence-electron chi connectivity index (χ2n) is 4.22. The summed E-state index contributed by atoms with van der Waals surface area (Å²) < 4.78 is 15.2. The van der Waals surface area contributed by atoms with Crippen LogP contribution >= 0.6 is 0 Å². The highest BCUT2D eigenvalue weighted by Gasteiger charge is 2.06. The molecule has 1 heterocycles. The molecule has 0 saturated heterocycles. The van der Waals surface area contributed by atoms with Crippen LogP contribution in [0.4, 0.5) is 0 Å². The van der Waals surface area contributed by atoms with E-state index in [1.54, 1.807) is 25.5 Å². The van der Waals surface area contributed by atoms with E-state index in [9.17, 15) is 9.90 Å². The Kier molecular flexibility index (Phi) is 8.64. The first-order chi connectivity index (χ1) is 9.72. The van der Waals surface area contributed by atoms with Gasteiger partial charge >= 0.3 is 0 Å². The Morgan fingerprint density at radius 3 is 3.10 bits per heavy atom. The molecule has 0 bridgehead atoms. The predicted molar refractivity (Wildman–Crippen MR) is 72.1 cm³/mol. The highest BCUT2D eigenvalue weighted by Crippen LogP contribution is 2.01. The summed E-state index contributed by atoms with van der Waals surface area (Å²) in [4.78, 5) is 11.3.